The molecule has 2 atom stereocenters. The van der Waals surface area contributed by atoms with Crippen molar-refractivity contribution in [1.82, 2.24) is 10.2 Å². The molecule has 21 heavy (non-hydrogen) atoms. The first-order valence-electron chi connectivity index (χ1n) is 9.16. The zero-order valence-corrected chi connectivity index (χ0v) is 14.3. The fourth-order valence-electron chi connectivity index (χ4n) is 4.03. The van der Waals surface area contributed by atoms with Crippen LogP contribution in [0.4, 0.5) is 0 Å². The molecule has 0 radical (unpaired) electrons. The van der Waals surface area contributed by atoms with Gasteiger partial charge in [-0.15, -0.1) is 0 Å². The molecule has 2 aliphatic rings. The van der Waals surface area contributed by atoms with Crippen molar-refractivity contribution >= 4 is 5.91 Å². The van der Waals surface area contributed by atoms with Gasteiger partial charge in [-0.3, -0.25) is 4.79 Å². The number of piperidine rings is 1. The number of carbonyl (C=O) groups excluding carboxylic acids is 1. The second-order valence-corrected chi connectivity index (χ2v) is 7.25. The molecular weight excluding hydrogens is 260 g/mol. The second kappa shape index (κ2) is 7.62. The van der Waals surface area contributed by atoms with Gasteiger partial charge >= 0.3 is 0 Å². The lowest BCUT2D eigenvalue weighted by molar-refractivity contribution is -0.136. The van der Waals surface area contributed by atoms with Gasteiger partial charge in [0.15, 0.2) is 0 Å². The molecule has 1 aliphatic heterocycles. The summed E-state index contributed by atoms with van der Waals surface area (Å²) in [7, 11) is 0. The van der Waals surface area contributed by atoms with E-state index in [1.54, 1.807) is 0 Å². The third kappa shape index (κ3) is 4.00. The highest BCUT2D eigenvalue weighted by Crippen LogP contribution is 2.59. The largest absolute Gasteiger partial charge is 0.340 e. The topological polar surface area (TPSA) is 32.3 Å². The Kier molecular flexibility index (Phi) is 6.09. The van der Waals surface area contributed by atoms with Gasteiger partial charge in [0.25, 0.3) is 0 Å². The third-order valence-electron chi connectivity index (χ3n) is 5.61. The normalized spacial score (nSPS) is 24.8. The fraction of sp³-hybridized carbons (Fsp3) is 0.944. The molecule has 3 nitrogen and oxygen atoms in total. The predicted octanol–water partition coefficient (Wildman–Crippen LogP) is 3.58. The Balaban J connectivity index is 1.94. The van der Waals surface area contributed by atoms with Gasteiger partial charge in [0.05, 0.1) is 0 Å². The van der Waals surface area contributed by atoms with E-state index in [1.807, 2.05) is 0 Å². The summed E-state index contributed by atoms with van der Waals surface area (Å²) in [5, 5.41) is 3.43. The summed E-state index contributed by atoms with van der Waals surface area (Å²) in [5.41, 5.74) is 0.372. The standard InChI is InChI=1S/C18H34N2O/c1-4-6-7-13-20(15(3)8-5-2)17(21)16-14-18(16)9-11-19-12-10-18/h15-16,19H,4-14H2,1-3H3. The fourth-order valence-corrected chi connectivity index (χ4v) is 4.03. The van der Waals surface area contributed by atoms with Gasteiger partial charge in [-0.2, -0.15) is 0 Å². The average Bonchev–Trinajstić information content (AvgIpc) is 3.17. The summed E-state index contributed by atoms with van der Waals surface area (Å²) in [6.45, 7) is 9.86. The Labute approximate surface area is 130 Å². The molecule has 1 amide bonds. The highest BCUT2D eigenvalue weighted by molar-refractivity contribution is 5.83. The van der Waals surface area contributed by atoms with Crippen LogP contribution in [0.25, 0.3) is 0 Å². The van der Waals surface area contributed by atoms with Crippen molar-refractivity contribution < 1.29 is 4.79 Å². The average molecular weight is 294 g/mol. The van der Waals surface area contributed by atoms with Gasteiger partial charge in [-0.25, -0.2) is 0 Å². The van der Waals surface area contributed by atoms with Crippen LogP contribution in [0.3, 0.4) is 0 Å². The van der Waals surface area contributed by atoms with Crippen LogP contribution in [0.5, 0.6) is 0 Å². The van der Waals surface area contributed by atoms with Crippen LogP contribution in [-0.2, 0) is 4.79 Å². The predicted molar refractivity (Wildman–Crippen MR) is 88.3 cm³/mol. The van der Waals surface area contributed by atoms with Crippen LogP contribution in [0.2, 0.25) is 0 Å². The molecule has 2 rings (SSSR count). The molecule has 1 aliphatic carbocycles. The molecule has 2 unspecified atom stereocenters. The minimum atomic E-state index is 0.334. The molecule has 0 aromatic carbocycles. The van der Waals surface area contributed by atoms with Gasteiger partial charge in [-0.05, 0) is 57.5 Å². The lowest BCUT2D eigenvalue weighted by Gasteiger charge is -2.31. The van der Waals surface area contributed by atoms with Gasteiger partial charge < -0.3 is 10.2 Å². The lowest BCUT2D eigenvalue weighted by atomic mass is 9.91. The van der Waals surface area contributed by atoms with E-state index >= 15 is 0 Å². The number of hydrogen-bond donors (Lipinski definition) is 1. The quantitative estimate of drug-likeness (QED) is 0.694. The number of carbonyl (C=O) groups is 1. The molecule has 0 aromatic rings. The van der Waals surface area contributed by atoms with Crippen LogP contribution in [0, 0.1) is 11.3 Å². The minimum absolute atomic E-state index is 0.334. The van der Waals surface area contributed by atoms with Gasteiger partial charge in [0.1, 0.15) is 0 Å². The van der Waals surface area contributed by atoms with Crippen LogP contribution in [0.1, 0.15) is 72.1 Å². The molecular formula is C18H34N2O. The zero-order chi connectivity index (χ0) is 15.3. The van der Waals surface area contributed by atoms with E-state index in [0.29, 0.717) is 23.3 Å². The smallest absolute Gasteiger partial charge is 0.226 e. The van der Waals surface area contributed by atoms with Crippen molar-refractivity contribution in [3.05, 3.63) is 0 Å². The highest BCUT2D eigenvalue weighted by Gasteiger charge is 2.58. The zero-order valence-electron chi connectivity index (χ0n) is 14.3. The number of unbranched alkanes of at least 4 members (excludes halogenated alkanes) is 2. The molecule has 1 spiro atoms. The Hall–Kier alpha value is -0.570. The Morgan fingerprint density at radius 3 is 2.57 bits per heavy atom. The van der Waals surface area contributed by atoms with Crippen molar-refractivity contribution in [3.63, 3.8) is 0 Å². The maximum atomic E-state index is 13.0. The number of nitrogens with one attached hydrogen (secondary N) is 1. The SMILES string of the molecule is CCCCCN(C(=O)C1CC12CCNCC2)C(C)CCC. The Morgan fingerprint density at radius 1 is 1.24 bits per heavy atom. The number of amides is 1. The molecule has 1 heterocycles. The van der Waals surface area contributed by atoms with E-state index in [-0.39, 0.29) is 0 Å². The monoisotopic (exact) mass is 294 g/mol. The van der Waals surface area contributed by atoms with E-state index in [9.17, 15) is 4.79 Å². The first-order valence-corrected chi connectivity index (χ1v) is 9.16. The molecule has 3 heteroatoms. The highest BCUT2D eigenvalue weighted by atomic mass is 16.2. The molecule has 0 aromatic heterocycles. The van der Waals surface area contributed by atoms with Crippen molar-refractivity contribution in [1.29, 1.82) is 0 Å². The van der Waals surface area contributed by atoms with Crippen LogP contribution in [0.15, 0.2) is 0 Å². The summed E-state index contributed by atoms with van der Waals surface area (Å²) >= 11 is 0. The van der Waals surface area contributed by atoms with Crippen LogP contribution >= 0.6 is 0 Å². The third-order valence-corrected chi connectivity index (χ3v) is 5.61. The summed E-state index contributed by atoms with van der Waals surface area (Å²) in [6.07, 6.45) is 9.49. The summed E-state index contributed by atoms with van der Waals surface area (Å²) in [4.78, 5) is 15.2. The Morgan fingerprint density at radius 2 is 1.95 bits per heavy atom. The van der Waals surface area contributed by atoms with Gasteiger partial charge in [-0.1, -0.05) is 33.1 Å². The van der Waals surface area contributed by atoms with Crippen LogP contribution in [-0.4, -0.2) is 36.5 Å². The first kappa shape index (κ1) is 16.8. The van der Waals surface area contributed by atoms with Gasteiger partial charge in [0, 0.05) is 18.5 Å². The second-order valence-electron chi connectivity index (χ2n) is 7.25. The number of rotatable bonds is 8. The molecule has 1 N–H and O–H groups in total. The maximum absolute atomic E-state index is 13.0. The Bertz CT molecular complexity index is 336. The van der Waals surface area contributed by atoms with E-state index in [1.165, 1.54) is 32.1 Å². The van der Waals surface area contributed by atoms with E-state index in [0.717, 1.165) is 38.9 Å². The van der Waals surface area contributed by atoms with Crippen molar-refractivity contribution in [2.24, 2.45) is 11.3 Å². The summed E-state index contributed by atoms with van der Waals surface area (Å²) < 4.78 is 0. The maximum Gasteiger partial charge on any atom is 0.226 e. The van der Waals surface area contributed by atoms with Crippen LogP contribution < -0.4 is 5.32 Å². The molecule has 122 valence electrons. The molecule has 1 saturated heterocycles. The van der Waals surface area contributed by atoms with E-state index < -0.39 is 0 Å². The summed E-state index contributed by atoms with van der Waals surface area (Å²) in [6, 6.07) is 0.415. The van der Waals surface area contributed by atoms with Gasteiger partial charge in [0.2, 0.25) is 5.91 Å². The number of hydrogen-bond acceptors (Lipinski definition) is 2. The molecule has 0 bridgehead atoms. The lowest BCUT2D eigenvalue weighted by Crippen LogP contribution is -2.42. The molecule has 2 fully saturated rings. The van der Waals surface area contributed by atoms with E-state index in [2.05, 4.69) is 31.0 Å². The van der Waals surface area contributed by atoms with E-state index in [4.69, 9.17) is 0 Å². The number of nitrogens with zero attached hydrogens (tertiary/aromatic N) is 1. The summed E-state index contributed by atoms with van der Waals surface area (Å²) in [5.74, 6) is 0.800. The minimum Gasteiger partial charge on any atom is -0.340 e. The van der Waals surface area contributed by atoms with Crippen molar-refractivity contribution in [3.8, 4) is 0 Å². The molecule has 1 saturated carbocycles. The van der Waals surface area contributed by atoms with Crippen molar-refractivity contribution in [2.75, 3.05) is 19.6 Å². The van der Waals surface area contributed by atoms with Crippen molar-refractivity contribution in [2.45, 2.75) is 78.2 Å². The first-order chi connectivity index (χ1) is 10.1.